The van der Waals surface area contributed by atoms with Gasteiger partial charge in [0.1, 0.15) is 0 Å². The predicted octanol–water partition coefficient (Wildman–Crippen LogP) is 1.31. The van der Waals surface area contributed by atoms with Crippen LogP contribution in [0.4, 0.5) is 5.69 Å². The fraction of sp³-hybridized carbons (Fsp3) is 0.353. The molecule has 2 saturated heterocycles. The third-order valence-electron chi connectivity index (χ3n) is 4.88. The lowest BCUT2D eigenvalue weighted by molar-refractivity contribution is -0.126. The van der Waals surface area contributed by atoms with Gasteiger partial charge in [-0.1, -0.05) is 12.2 Å². The quantitative estimate of drug-likeness (QED) is 0.467. The van der Waals surface area contributed by atoms with Crippen LogP contribution in [0.25, 0.3) is 0 Å². The highest BCUT2D eigenvalue weighted by Gasteiger charge is 2.65. The lowest BCUT2D eigenvalue weighted by Crippen LogP contribution is -2.38. The summed E-state index contributed by atoms with van der Waals surface area (Å²) in [6.45, 7) is 1.84. The van der Waals surface area contributed by atoms with Gasteiger partial charge in [-0.05, 0) is 31.2 Å². The number of fused-ring (bicyclic) bond motifs is 5. The van der Waals surface area contributed by atoms with Gasteiger partial charge in [0.25, 0.3) is 0 Å². The molecule has 3 aliphatic rings. The van der Waals surface area contributed by atoms with E-state index < -0.39 is 23.4 Å². The average molecular weight is 313 g/mol. The number of methoxy groups -OCH3 is 1. The van der Waals surface area contributed by atoms with Gasteiger partial charge in [0.05, 0.1) is 41.9 Å². The Morgan fingerprint density at radius 2 is 1.91 bits per heavy atom. The number of benzene rings is 1. The lowest BCUT2D eigenvalue weighted by Gasteiger charge is -2.24. The Kier molecular flexibility index (Phi) is 2.78. The van der Waals surface area contributed by atoms with Crippen molar-refractivity contribution >= 4 is 23.5 Å². The summed E-state index contributed by atoms with van der Waals surface area (Å²) in [6, 6.07) is 6.26. The molecule has 0 radical (unpaired) electrons. The van der Waals surface area contributed by atoms with Crippen molar-refractivity contribution in [3.05, 3.63) is 42.0 Å². The van der Waals surface area contributed by atoms with Crippen molar-refractivity contribution in [1.82, 2.24) is 0 Å². The first-order valence-electron chi connectivity index (χ1n) is 7.39. The van der Waals surface area contributed by atoms with Gasteiger partial charge in [0.2, 0.25) is 11.8 Å². The summed E-state index contributed by atoms with van der Waals surface area (Å²) >= 11 is 0. The second-order valence-corrected chi connectivity index (χ2v) is 6.18. The Bertz CT molecular complexity index is 753. The molecule has 2 amide bonds. The molecule has 0 aliphatic carbocycles. The highest BCUT2D eigenvalue weighted by Crippen LogP contribution is 2.52. The molecular weight excluding hydrogens is 298 g/mol. The number of hydrogen-bond donors (Lipinski definition) is 0. The van der Waals surface area contributed by atoms with Crippen molar-refractivity contribution in [2.45, 2.75) is 18.6 Å². The van der Waals surface area contributed by atoms with Crippen molar-refractivity contribution < 1.29 is 23.9 Å². The minimum atomic E-state index is -0.706. The number of carbonyl (C=O) groups excluding carboxylic acids is 3. The van der Waals surface area contributed by atoms with Crippen LogP contribution in [0, 0.1) is 11.8 Å². The normalized spacial score (nSPS) is 34.2. The lowest BCUT2D eigenvalue weighted by atomic mass is 9.78. The summed E-state index contributed by atoms with van der Waals surface area (Å²) in [4.78, 5) is 38.2. The smallest absolute Gasteiger partial charge is 0.337 e. The maximum absolute atomic E-state index is 12.8. The molecule has 4 rings (SSSR count). The largest absolute Gasteiger partial charge is 0.465 e. The fourth-order valence-corrected chi connectivity index (χ4v) is 3.77. The van der Waals surface area contributed by atoms with E-state index in [1.54, 1.807) is 24.3 Å². The minimum absolute atomic E-state index is 0.246. The van der Waals surface area contributed by atoms with E-state index in [0.29, 0.717) is 11.3 Å². The first-order chi connectivity index (χ1) is 11.0. The van der Waals surface area contributed by atoms with Crippen molar-refractivity contribution in [1.29, 1.82) is 0 Å². The first-order valence-corrected chi connectivity index (χ1v) is 7.39. The predicted molar refractivity (Wildman–Crippen MR) is 79.7 cm³/mol. The minimum Gasteiger partial charge on any atom is -0.465 e. The summed E-state index contributed by atoms with van der Waals surface area (Å²) in [5, 5.41) is 0. The fourth-order valence-electron chi connectivity index (χ4n) is 3.77. The van der Waals surface area contributed by atoms with Crippen molar-refractivity contribution in [3.8, 4) is 0 Å². The second-order valence-electron chi connectivity index (χ2n) is 6.18. The van der Waals surface area contributed by atoms with Crippen LogP contribution in [0.5, 0.6) is 0 Å². The maximum Gasteiger partial charge on any atom is 0.337 e. The zero-order valence-corrected chi connectivity index (χ0v) is 12.7. The Balaban J connectivity index is 1.68. The number of nitrogens with zero attached hydrogens (tertiary/aromatic N) is 1. The van der Waals surface area contributed by atoms with Crippen LogP contribution < -0.4 is 4.90 Å². The molecule has 0 spiro atoms. The number of hydrogen-bond acceptors (Lipinski definition) is 5. The average Bonchev–Trinajstić information content (AvgIpc) is 3.16. The van der Waals surface area contributed by atoms with E-state index in [9.17, 15) is 14.4 Å². The summed E-state index contributed by atoms with van der Waals surface area (Å²) in [5.41, 5.74) is 0.126. The van der Waals surface area contributed by atoms with Crippen LogP contribution in [-0.2, 0) is 19.1 Å². The van der Waals surface area contributed by atoms with Crippen molar-refractivity contribution in [2.24, 2.45) is 11.8 Å². The molecule has 0 N–H and O–H groups in total. The monoisotopic (exact) mass is 313 g/mol. The van der Waals surface area contributed by atoms with Crippen LogP contribution in [0.15, 0.2) is 36.4 Å². The van der Waals surface area contributed by atoms with Crippen molar-refractivity contribution in [2.75, 3.05) is 12.0 Å². The van der Waals surface area contributed by atoms with Crippen LogP contribution in [0.1, 0.15) is 17.3 Å². The Labute approximate surface area is 132 Å². The number of amides is 2. The highest BCUT2D eigenvalue weighted by molar-refractivity contribution is 6.23. The van der Waals surface area contributed by atoms with Crippen molar-refractivity contribution in [3.63, 3.8) is 0 Å². The van der Waals surface area contributed by atoms with Crippen LogP contribution >= 0.6 is 0 Å². The van der Waals surface area contributed by atoms with E-state index in [4.69, 9.17) is 4.74 Å². The van der Waals surface area contributed by atoms with E-state index in [1.807, 2.05) is 19.1 Å². The van der Waals surface area contributed by atoms with Gasteiger partial charge in [-0.15, -0.1) is 0 Å². The van der Waals surface area contributed by atoms with E-state index in [2.05, 4.69) is 4.74 Å². The van der Waals surface area contributed by atoms with Crippen LogP contribution in [0.3, 0.4) is 0 Å². The first kappa shape index (κ1) is 14.1. The van der Waals surface area contributed by atoms with Gasteiger partial charge >= 0.3 is 5.97 Å². The maximum atomic E-state index is 12.8. The summed E-state index contributed by atoms with van der Waals surface area (Å²) in [7, 11) is 1.30. The Morgan fingerprint density at radius 3 is 2.52 bits per heavy atom. The number of imide groups is 1. The van der Waals surface area contributed by atoms with E-state index in [-0.39, 0.29) is 17.9 Å². The van der Waals surface area contributed by atoms with E-state index >= 15 is 0 Å². The molecule has 0 aromatic heterocycles. The number of carbonyl (C=O) groups is 3. The summed E-state index contributed by atoms with van der Waals surface area (Å²) < 4.78 is 10.4. The zero-order chi connectivity index (χ0) is 16.4. The molecule has 1 aromatic rings. The molecule has 4 unspecified atom stereocenters. The molecule has 6 nitrogen and oxygen atoms in total. The van der Waals surface area contributed by atoms with Gasteiger partial charge in [0, 0.05) is 0 Å². The van der Waals surface area contributed by atoms with Crippen LogP contribution in [0.2, 0.25) is 0 Å². The highest BCUT2D eigenvalue weighted by atomic mass is 16.5. The molecule has 3 heterocycles. The Morgan fingerprint density at radius 1 is 1.22 bits per heavy atom. The van der Waals surface area contributed by atoms with E-state index in [1.165, 1.54) is 12.0 Å². The SMILES string of the molecule is COC(=O)c1ccc(N2C(=O)C3C4C=CC(C)(O4)C3C2=O)cc1. The Hall–Kier alpha value is -2.47. The molecule has 4 atom stereocenters. The summed E-state index contributed by atoms with van der Waals surface area (Å²) in [5.74, 6) is -1.90. The molecule has 2 fully saturated rings. The molecule has 23 heavy (non-hydrogen) atoms. The molecule has 118 valence electrons. The zero-order valence-electron chi connectivity index (χ0n) is 12.7. The topological polar surface area (TPSA) is 72.9 Å². The molecule has 3 aliphatic heterocycles. The van der Waals surface area contributed by atoms with Gasteiger partial charge < -0.3 is 9.47 Å². The number of anilines is 1. The molecule has 6 heteroatoms. The van der Waals surface area contributed by atoms with Gasteiger partial charge in [0.15, 0.2) is 0 Å². The van der Waals surface area contributed by atoms with E-state index in [0.717, 1.165) is 0 Å². The number of esters is 1. The molecule has 1 aromatic carbocycles. The van der Waals surface area contributed by atoms with Gasteiger partial charge in [-0.3, -0.25) is 9.59 Å². The van der Waals surface area contributed by atoms with Gasteiger partial charge in [-0.2, -0.15) is 0 Å². The molecular formula is C17H15NO5. The molecule has 0 saturated carbocycles. The van der Waals surface area contributed by atoms with Gasteiger partial charge in [-0.25, -0.2) is 9.69 Å². The number of rotatable bonds is 2. The third-order valence-corrected chi connectivity index (χ3v) is 4.88. The second kappa shape index (κ2) is 4.52. The molecule has 2 bridgehead atoms. The summed E-state index contributed by atoms with van der Waals surface area (Å²) in [6.07, 6.45) is 3.39. The standard InChI is InChI=1S/C17H15NO5/c1-17-8-7-11(23-17)12-13(17)15(20)18(14(12)19)10-5-3-9(4-6-10)16(21)22-2/h3-8,11-13H,1-2H3. The third kappa shape index (κ3) is 1.75. The van der Waals surface area contributed by atoms with Crippen LogP contribution in [-0.4, -0.2) is 36.6 Å². The number of ether oxygens (including phenoxy) is 2.